The molecule has 0 atom stereocenters. The highest BCUT2D eigenvalue weighted by atomic mass is 16.5. The van der Waals surface area contributed by atoms with Crippen molar-refractivity contribution in [3.63, 3.8) is 0 Å². The van der Waals surface area contributed by atoms with E-state index in [0.29, 0.717) is 18.7 Å². The van der Waals surface area contributed by atoms with Gasteiger partial charge in [-0.25, -0.2) is 9.97 Å². The van der Waals surface area contributed by atoms with Crippen LogP contribution < -0.4 is 10.1 Å². The number of fused-ring (bicyclic) bond motifs is 1. The van der Waals surface area contributed by atoms with Crippen LogP contribution in [0.2, 0.25) is 0 Å². The molecule has 0 bridgehead atoms. The van der Waals surface area contributed by atoms with Gasteiger partial charge in [-0.2, -0.15) is 5.26 Å². The third kappa shape index (κ3) is 3.39. The number of benzene rings is 1. The number of ether oxygens (including phenoxy) is 1. The molecule has 1 aliphatic rings. The van der Waals surface area contributed by atoms with Gasteiger partial charge >= 0.3 is 0 Å². The molecule has 2 aromatic rings. The van der Waals surface area contributed by atoms with Crippen molar-refractivity contribution in [3.05, 3.63) is 30.6 Å². The highest BCUT2D eigenvalue weighted by molar-refractivity contribution is 5.84. The van der Waals surface area contributed by atoms with Gasteiger partial charge in [0.15, 0.2) is 6.61 Å². The fourth-order valence-corrected chi connectivity index (χ4v) is 2.95. The number of aromatic nitrogens is 2. The Labute approximate surface area is 134 Å². The molecule has 1 aliphatic carbocycles. The van der Waals surface area contributed by atoms with Gasteiger partial charge in [0.05, 0.1) is 17.0 Å². The average molecular weight is 310 g/mol. The molecule has 23 heavy (non-hydrogen) atoms. The van der Waals surface area contributed by atoms with E-state index in [0.717, 1.165) is 30.2 Å². The molecule has 1 amide bonds. The topological polar surface area (TPSA) is 87.9 Å². The summed E-state index contributed by atoms with van der Waals surface area (Å²) in [6.45, 7) is -0.162. The van der Waals surface area contributed by atoms with Gasteiger partial charge in [-0.05, 0) is 25.0 Å². The number of hydrogen-bond acceptors (Lipinski definition) is 5. The number of nitrogens with one attached hydrogen (secondary N) is 1. The Morgan fingerprint density at radius 2 is 2.04 bits per heavy atom. The highest BCUT2D eigenvalue weighted by Crippen LogP contribution is 2.27. The molecule has 6 heteroatoms. The lowest BCUT2D eigenvalue weighted by Gasteiger charge is -2.31. The molecule has 6 nitrogen and oxygen atoms in total. The maximum absolute atomic E-state index is 12.2. The molecule has 1 N–H and O–H groups in total. The van der Waals surface area contributed by atoms with Crippen LogP contribution in [-0.2, 0) is 4.79 Å². The first-order valence-corrected chi connectivity index (χ1v) is 7.77. The fraction of sp³-hybridized carbons (Fsp3) is 0.412. The Morgan fingerprint density at radius 3 is 2.83 bits per heavy atom. The van der Waals surface area contributed by atoms with Gasteiger partial charge in [-0.15, -0.1) is 0 Å². The largest absolute Gasteiger partial charge is 0.467 e. The quantitative estimate of drug-likeness (QED) is 0.936. The van der Waals surface area contributed by atoms with Crippen molar-refractivity contribution in [2.24, 2.45) is 0 Å². The Bertz CT molecular complexity index is 742. The van der Waals surface area contributed by atoms with Gasteiger partial charge in [-0.1, -0.05) is 31.4 Å². The third-order valence-corrected chi connectivity index (χ3v) is 4.15. The minimum Gasteiger partial charge on any atom is -0.467 e. The molecule has 1 aromatic heterocycles. The number of para-hydroxylation sites is 1. The van der Waals surface area contributed by atoms with E-state index < -0.39 is 5.54 Å². The summed E-state index contributed by atoms with van der Waals surface area (Å²) in [7, 11) is 0. The Kier molecular flexibility index (Phi) is 4.38. The van der Waals surface area contributed by atoms with Gasteiger partial charge in [0.25, 0.3) is 5.91 Å². The first-order valence-electron chi connectivity index (χ1n) is 7.77. The van der Waals surface area contributed by atoms with Crippen LogP contribution in [-0.4, -0.2) is 28.0 Å². The normalized spacial score (nSPS) is 16.5. The van der Waals surface area contributed by atoms with Gasteiger partial charge in [0, 0.05) is 0 Å². The van der Waals surface area contributed by atoms with E-state index in [4.69, 9.17) is 4.74 Å². The molecule has 1 saturated carbocycles. The Morgan fingerprint density at radius 1 is 1.26 bits per heavy atom. The van der Waals surface area contributed by atoms with Crippen LogP contribution in [0.4, 0.5) is 0 Å². The molecular formula is C17H18N4O2. The molecule has 3 rings (SSSR count). The smallest absolute Gasteiger partial charge is 0.259 e. The van der Waals surface area contributed by atoms with Crippen LogP contribution in [0.3, 0.4) is 0 Å². The number of amides is 1. The molecule has 0 spiro atoms. The fourth-order valence-electron chi connectivity index (χ4n) is 2.95. The number of nitriles is 1. The molecule has 0 unspecified atom stereocenters. The standard InChI is InChI=1S/C17H18N4O2/c18-11-17(8-4-1-5-9-17)21-15(22)10-23-16-13-6-2-3-7-14(13)19-12-20-16/h2-3,6-7,12H,1,4-5,8-10H2,(H,21,22). The molecule has 0 saturated heterocycles. The lowest BCUT2D eigenvalue weighted by Crippen LogP contribution is -2.50. The first kappa shape index (κ1) is 15.2. The number of rotatable bonds is 4. The minimum atomic E-state index is -0.744. The third-order valence-electron chi connectivity index (χ3n) is 4.15. The molecular weight excluding hydrogens is 292 g/mol. The lowest BCUT2D eigenvalue weighted by atomic mass is 9.83. The predicted molar refractivity (Wildman–Crippen MR) is 84.6 cm³/mol. The summed E-state index contributed by atoms with van der Waals surface area (Å²) in [5, 5.41) is 13.0. The predicted octanol–water partition coefficient (Wildman–Crippen LogP) is 2.35. The lowest BCUT2D eigenvalue weighted by molar-refractivity contribution is -0.124. The SMILES string of the molecule is N#CC1(NC(=O)COc2ncnc3ccccc23)CCCCC1. The van der Waals surface area contributed by atoms with Crippen molar-refractivity contribution in [2.45, 2.75) is 37.6 Å². The van der Waals surface area contributed by atoms with E-state index in [1.54, 1.807) is 0 Å². The van der Waals surface area contributed by atoms with Crippen molar-refractivity contribution >= 4 is 16.8 Å². The van der Waals surface area contributed by atoms with Crippen molar-refractivity contribution < 1.29 is 9.53 Å². The second-order valence-corrected chi connectivity index (χ2v) is 5.79. The van der Waals surface area contributed by atoms with Crippen LogP contribution in [0.15, 0.2) is 30.6 Å². The Balaban J connectivity index is 1.65. The van der Waals surface area contributed by atoms with Crippen molar-refractivity contribution in [3.8, 4) is 11.9 Å². The van der Waals surface area contributed by atoms with Gasteiger partial charge in [0.1, 0.15) is 11.9 Å². The van der Waals surface area contributed by atoms with Crippen LogP contribution in [0.1, 0.15) is 32.1 Å². The van der Waals surface area contributed by atoms with E-state index in [1.165, 1.54) is 6.33 Å². The Hall–Kier alpha value is -2.68. The van der Waals surface area contributed by atoms with Crippen molar-refractivity contribution in [2.75, 3.05) is 6.61 Å². The minimum absolute atomic E-state index is 0.162. The van der Waals surface area contributed by atoms with Crippen molar-refractivity contribution in [1.29, 1.82) is 5.26 Å². The second kappa shape index (κ2) is 6.61. The number of hydrogen-bond donors (Lipinski definition) is 1. The highest BCUT2D eigenvalue weighted by Gasteiger charge is 2.33. The van der Waals surface area contributed by atoms with Crippen LogP contribution in [0, 0.1) is 11.3 Å². The summed E-state index contributed by atoms with van der Waals surface area (Å²) in [4.78, 5) is 20.4. The van der Waals surface area contributed by atoms with Crippen molar-refractivity contribution in [1.82, 2.24) is 15.3 Å². The van der Waals surface area contributed by atoms with E-state index in [2.05, 4.69) is 21.4 Å². The zero-order chi connectivity index (χ0) is 16.1. The van der Waals surface area contributed by atoms with E-state index in [9.17, 15) is 10.1 Å². The van der Waals surface area contributed by atoms with Crippen LogP contribution >= 0.6 is 0 Å². The monoisotopic (exact) mass is 310 g/mol. The number of nitrogens with zero attached hydrogens (tertiary/aromatic N) is 3. The van der Waals surface area contributed by atoms with E-state index >= 15 is 0 Å². The zero-order valence-corrected chi connectivity index (χ0v) is 12.8. The summed E-state index contributed by atoms with van der Waals surface area (Å²) in [5.74, 6) is 0.0801. The van der Waals surface area contributed by atoms with Crippen LogP contribution in [0.5, 0.6) is 5.88 Å². The summed E-state index contributed by atoms with van der Waals surface area (Å²) in [6.07, 6.45) is 5.85. The molecule has 118 valence electrons. The maximum atomic E-state index is 12.2. The van der Waals surface area contributed by atoms with Gasteiger partial charge < -0.3 is 10.1 Å². The summed E-state index contributed by atoms with van der Waals surface area (Å²) in [6, 6.07) is 9.72. The summed E-state index contributed by atoms with van der Waals surface area (Å²) >= 11 is 0. The van der Waals surface area contributed by atoms with Gasteiger partial charge in [-0.3, -0.25) is 4.79 Å². The number of carbonyl (C=O) groups excluding carboxylic acids is 1. The van der Waals surface area contributed by atoms with Crippen LogP contribution in [0.25, 0.3) is 10.9 Å². The van der Waals surface area contributed by atoms with E-state index in [1.807, 2.05) is 24.3 Å². The van der Waals surface area contributed by atoms with E-state index in [-0.39, 0.29) is 12.5 Å². The molecule has 0 aliphatic heterocycles. The molecule has 1 aromatic carbocycles. The number of carbonyl (C=O) groups is 1. The average Bonchev–Trinajstić information content (AvgIpc) is 2.60. The summed E-state index contributed by atoms with van der Waals surface area (Å²) < 4.78 is 5.54. The second-order valence-electron chi connectivity index (χ2n) is 5.79. The summed E-state index contributed by atoms with van der Waals surface area (Å²) in [5.41, 5.74) is 0.0191. The molecule has 1 heterocycles. The maximum Gasteiger partial charge on any atom is 0.259 e. The van der Waals surface area contributed by atoms with Gasteiger partial charge in [0.2, 0.25) is 5.88 Å². The first-order chi connectivity index (χ1) is 11.2. The molecule has 0 radical (unpaired) electrons. The molecule has 1 fully saturated rings. The zero-order valence-electron chi connectivity index (χ0n) is 12.8.